The van der Waals surface area contributed by atoms with Crippen LogP contribution in [0.25, 0.3) is 0 Å². The van der Waals surface area contributed by atoms with E-state index < -0.39 is 0 Å². The second kappa shape index (κ2) is 6.44. The molecule has 0 aromatic carbocycles. The summed E-state index contributed by atoms with van der Waals surface area (Å²) in [5.41, 5.74) is 0.485. The fourth-order valence-corrected chi connectivity index (χ4v) is 5.60. The molecular formula is C23H42O. The number of hydrogen-bond donors (Lipinski definition) is 0. The minimum absolute atomic E-state index is 0.0243. The van der Waals surface area contributed by atoms with Gasteiger partial charge in [-0.25, -0.2) is 0 Å². The molecular weight excluding hydrogens is 292 g/mol. The molecule has 0 saturated heterocycles. The van der Waals surface area contributed by atoms with Gasteiger partial charge in [-0.2, -0.15) is 0 Å². The number of Topliss-reactive ketones (excluding diaryl/α,β-unsaturated/α-hetero) is 1. The quantitative estimate of drug-likeness (QED) is 0.527. The van der Waals surface area contributed by atoms with E-state index in [0.29, 0.717) is 23.0 Å². The first kappa shape index (κ1) is 20.0. The van der Waals surface area contributed by atoms with Crippen molar-refractivity contribution in [2.75, 3.05) is 0 Å². The van der Waals surface area contributed by atoms with Crippen molar-refractivity contribution in [2.45, 2.75) is 107 Å². The Kier molecular flexibility index (Phi) is 5.36. The molecule has 2 rings (SSSR count). The summed E-state index contributed by atoms with van der Waals surface area (Å²) in [5, 5.41) is 0. The Morgan fingerprint density at radius 3 is 1.92 bits per heavy atom. The third-order valence-electron chi connectivity index (χ3n) is 7.55. The van der Waals surface area contributed by atoms with Crippen molar-refractivity contribution in [3.63, 3.8) is 0 Å². The third-order valence-corrected chi connectivity index (χ3v) is 7.55. The lowest BCUT2D eigenvalue weighted by molar-refractivity contribution is -0.138. The lowest BCUT2D eigenvalue weighted by Gasteiger charge is -2.45. The topological polar surface area (TPSA) is 17.1 Å². The van der Waals surface area contributed by atoms with Crippen LogP contribution < -0.4 is 0 Å². The van der Waals surface area contributed by atoms with Gasteiger partial charge >= 0.3 is 0 Å². The fourth-order valence-electron chi connectivity index (χ4n) is 5.60. The second-order valence-electron chi connectivity index (χ2n) is 11.4. The molecule has 0 aromatic rings. The van der Waals surface area contributed by atoms with Gasteiger partial charge in [-0.05, 0) is 47.8 Å². The van der Waals surface area contributed by atoms with Gasteiger partial charge in [-0.3, -0.25) is 4.79 Å². The number of hydrogen-bond acceptors (Lipinski definition) is 1. The highest BCUT2D eigenvalue weighted by molar-refractivity contribution is 5.90. The van der Waals surface area contributed by atoms with Gasteiger partial charge in [0.05, 0.1) is 0 Å². The van der Waals surface area contributed by atoms with E-state index in [-0.39, 0.29) is 16.2 Å². The molecule has 2 fully saturated rings. The van der Waals surface area contributed by atoms with Gasteiger partial charge in [0.25, 0.3) is 0 Å². The molecule has 140 valence electrons. The van der Waals surface area contributed by atoms with Crippen LogP contribution >= 0.6 is 0 Å². The van der Waals surface area contributed by atoms with E-state index in [2.05, 4.69) is 55.4 Å². The summed E-state index contributed by atoms with van der Waals surface area (Å²) in [5.74, 6) is 1.60. The number of carbonyl (C=O) groups excluding carboxylic acids is 1. The molecule has 1 nitrogen and oxygen atoms in total. The van der Waals surface area contributed by atoms with Crippen molar-refractivity contribution in [1.82, 2.24) is 0 Å². The first-order chi connectivity index (χ1) is 10.9. The molecule has 1 unspecified atom stereocenters. The maximum atomic E-state index is 13.7. The van der Waals surface area contributed by atoms with Crippen LogP contribution in [0.5, 0.6) is 0 Å². The summed E-state index contributed by atoms with van der Waals surface area (Å²) in [6.07, 6.45) is 10.3. The molecule has 0 radical (unpaired) electrons. The van der Waals surface area contributed by atoms with Gasteiger partial charge in [-0.1, -0.05) is 81.1 Å². The van der Waals surface area contributed by atoms with E-state index in [0.717, 1.165) is 6.42 Å². The van der Waals surface area contributed by atoms with Gasteiger partial charge in [0.2, 0.25) is 0 Å². The van der Waals surface area contributed by atoms with Crippen LogP contribution in [-0.2, 0) is 4.79 Å². The molecule has 2 saturated carbocycles. The van der Waals surface area contributed by atoms with Crippen molar-refractivity contribution in [1.29, 1.82) is 0 Å². The average Bonchev–Trinajstić information content (AvgIpc) is 3.25. The molecule has 2 aliphatic carbocycles. The van der Waals surface area contributed by atoms with Crippen molar-refractivity contribution < 1.29 is 4.79 Å². The minimum atomic E-state index is -0.214. The van der Waals surface area contributed by atoms with Crippen LogP contribution in [0.2, 0.25) is 0 Å². The number of ketones is 1. The van der Waals surface area contributed by atoms with Crippen molar-refractivity contribution >= 4 is 5.78 Å². The maximum Gasteiger partial charge on any atom is 0.142 e. The van der Waals surface area contributed by atoms with Crippen LogP contribution in [0.4, 0.5) is 0 Å². The molecule has 0 aliphatic heterocycles. The van der Waals surface area contributed by atoms with Crippen LogP contribution in [0, 0.1) is 33.5 Å². The summed E-state index contributed by atoms with van der Waals surface area (Å²) >= 11 is 0. The molecule has 3 atom stereocenters. The van der Waals surface area contributed by atoms with Crippen LogP contribution in [0.15, 0.2) is 0 Å². The molecule has 24 heavy (non-hydrogen) atoms. The molecule has 2 aliphatic rings. The Morgan fingerprint density at radius 2 is 1.50 bits per heavy atom. The average molecular weight is 335 g/mol. The van der Waals surface area contributed by atoms with E-state index >= 15 is 0 Å². The van der Waals surface area contributed by atoms with Gasteiger partial charge in [0, 0.05) is 11.3 Å². The predicted octanol–water partition coefficient (Wildman–Crippen LogP) is 7.04. The molecule has 0 aromatic heterocycles. The monoisotopic (exact) mass is 334 g/mol. The Hall–Kier alpha value is -0.330. The first-order valence-corrected chi connectivity index (χ1v) is 10.4. The Balaban J connectivity index is 2.20. The standard InChI is InChI=1S/C23H42O/c1-9-23(13-11-10-12-14-23)18-15-17(18)19(24)22(8,21(5,6)7)16-20(2,3)4/h17-18H,9-16H2,1-8H3/t17?,18-,22+/m0/s1. The van der Waals surface area contributed by atoms with Crippen molar-refractivity contribution in [3.8, 4) is 0 Å². The highest BCUT2D eigenvalue weighted by Crippen LogP contribution is 2.62. The van der Waals surface area contributed by atoms with Crippen LogP contribution in [0.1, 0.15) is 107 Å². The summed E-state index contributed by atoms with van der Waals surface area (Å²) in [7, 11) is 0. The molecule has 1 heteroatoms. The highest BCUT2D eigenvalue weighted by Gasteiger charge is 2.59. The van der Waals surface area contributed by atoms with E-state index in [4.69, 9.17) is 0 Å². The van der Waals surface area contributed by atoms with Gasteiger partial charge in [0.15, 0.2) is 0 Å². The van der Waals surface area contributed by atoms with Crippen molar-refractivity contribution in [3.05, 3.63) is 0 Å². The highest BCUT2D eigenvalue weighted by atomic mass is 16.1. The molecule has 0 spiro atoms. The Labute approximate surface area is 151 Å². The number of rotatable bonds is 5. The summed E-state index contributed by atoms with van der Waals surface area (Å²) in [6, 6.07) is 0. The Morgan fingerprint density at radius 1 is 0.958 bits per heavy atom. The normalized spacial score (nSPS) is 29.8. The first-order valence-electron chi connectivity index (χ1n) is 10.4. The van der Waals surface area contributed by atoms with Crippen molar-refractivity contribution in [2.24, 2.45) is 33.5 Å². The smallest absolute Gasteiger partial charge is 0.142 e. The minimum Gasteiger partial charge on any atom is -0.299 e. The van der Waals surface area contributed by atoms with Gasteiger partial charge in [0.1, 0.15) is 5.78 Å². The van der Waals surface area contributed by atoms with Crippen LogP contribution in [0.3, 0.4) is 0 Å². The Bertz CT molecular complexity index is 455. The molecule has 0 N–H and O–H groups in total. The molecule has 0 bridgehead atoms. The van der Waals surface area contributed by atoms with Gasteiger partial charge in [-0.15, -0.1) is 0 Å². The largest absolute Gasteiger partial charge is 0.299 e. The van der Waals surface area contributed by atoms with E-state index in [9.17, 15) is 4.79 Å². The third kappa shape index (κ3) is 3.75. The van der Waals surface area contributed by atoms with E-state index in [1.807, 2.05) is 0 Å². The maximum absolute atomic E-state index is 13.7. The molecule has 0 amide bonds. The second-order valence-corrected chi connectivity index (χ2v) is 11.4. The fraction of sp³-hybridized carbons (Fsp3) is 0.957. The van der Waals surface area contributed by atoms with E-state index in [1.165, 1.54) is 44.9 Å². The summed E-state index contributed by atoms with van der Waals surface area (Å²) in [6.45, 7) is 18.3. The zero-order valence-corrected chi connectivity index (χ0v) is 17.7. The van der Waals surface area contributed by atoms with Gasteiger partial charge < -0.3 is 0 Å². The number of carbonyl (C=O) groups is 1. The molecule has 0 heterocycles. The lowest BCUT2D eigenvalue weighted by atomic mass is 9.58. The SMILES string of the molecule is CCC1([C@H]2CC2C(=O)[C@@](C)(CC(C)(C)C)C(C)(C)C)CCCCC1. The zero-order chi connectivity index (χ0) is 18.4. The predicted molar refractivity (Wildman–Crippen MR) is 104 cm³/mol. The zero-order valence-electron chi connectivity index (χ0n) is 17.7. The lowest BCUT2D eigenvalue weighted by Crippen LogP contribution is -2.44. The van der Waals surface area contributed by atoms with E-state index in [1.54, 1.807) is 0 Å². The summed E-state index contributed by atoms with van der Waals surface area (Å²) < 4.78 is 0. The summed E-state index contributed by atoms with van der Waals surface area (Å²) in [4.78, 5) is 13.7. The van der Waals surface area contributed by atoms with Crippen LogP contribution in [-0.4, -0.2) is 5.78 Å².